The summed E-state index contributed by atoms with van der Waals surface area (Å²) in [6.45, 7) is 5.74. The summed E-state index contributed by atoms with van der Waals surface area (Å²) < 4.78 is 0. The van der Waals surface area contributed by atoms with Gasteiger partial charge in [0.05, 0.1) is 17.2 Å². The molecule has 6 nitrogen and oxygen atoms in total. The van der Waals surface area contributed by atoms with Crippen LogP contribution in [0, 0.1) is 18.3 Å². The van der Waals surface area contributed by atoms with E-state index in [0.717, 1.165) is 32.0 Å². The summed E-state index contributed by atoms with van der Waals surface area (Å²) in [6, 6.07) is 21.2. The molecule has 1 N–H and O–H groups in total. The fourth-order valence-electron chi connectivity index (χ4n) is 3.60. The lowest BCUT2D eigenvalue weighted by molar-refractivity contribution is 0.102. The summed E-state index contributed by atoms with van der Waals surface area (Å²) in [7, 11) is 0. The lowest BCUT2D eigenvalue weighted by Gasteiger charge is -2.36. The third kappa shape index (κ3) is 4.41. The topological polar surface area (TPSA) is 72.3 Å². The molecule has 150 valence electrons. The third-order valence-corrected chi connectivity index (χ3v) is 5.23. The first-order valence-corrected chi connectivity index (χ1v) is 9.96. The van der Waals surface area contributed by atoms with Crippen LogP contribution in [0.5, 0.6) is 0 Å². The summed E-state index contributed by atoms with van der Waals surface area (Å²) >= 11 is 0. The first-order chi connectivity index (χ1) is 14.6. The molecular weight excluding hydrogens is 374 g/mol. The summed E-state index contributed by atoms with van der Waals surface area (Å²) in [5, 5.41) is 11.8. The molecule has 1 saturated heterocycles. The second-order valence-electron chi connectivity index (χ2n) is 7.36. The number of carbonyl (C=O) groups is 1. The second kappa shape index (κ2) is 8.66. The molecule has 0 unspecified atom stereocenters. The van der Waals surface area contributed by atoms with E-state index in [1.54, 1.807) is 36.5 Å². The molecule has 1 amide bonds. The van der Waals surface area contributed by atoms with Crippen LogP contribution in [0.25, 0.3) is 0 Å². The first-order valence-electron chi connectivity index (χ1n) is 9.96. The molecule has 0 bridgehead atoms. The van der Waals surface area contributed by atoms with Crippen LogP contribution in [-0.2, 0) is 0 Å². The predicted octanol–water partition coefficient (Wildman–Crippen LogP) is 3.84. The van der Waals surface area contributed by atoms with Gasteiger partial charge in [0.2, 0.25) is 0 Å². The maximum absolute atomic E-state index is 12.5. The van der Waals surface area contributed by atoms with Crippen LogP contribution in [0.15, 0.2) is 66.9 Å². The van der Waals surface area contributed by atoms with E-state index < -0.39 is 0 Å². The monoisotopic (exact) mass is 397 g/mol. The molecule has 30 heavy (non-hydrogen) atoms. The van der Waals surface area contributed by atoms with E-state index in [1.807, 2.05) is 6.07 Å². The highest BCUT2D eigenvalue weighted by Gasteiger charge is 2.19. The molecule has 2 aromatic carbocycles. The highest BCUT2D eigenvalue weighted by Crippen LogP contribution is 2.20. The van der Waals surface area contributed by atoms with Crippen LogP contribution in [0.4, 0.5) is 17.2 Å². The van der Waals surface area contributed by atoms with Crippen molar-refractivity contribution < 1.29 is 4.79 Å². The SMILES string of the molecule is Cc1cccc(N2CCN(c3ccc(C(=O)Nc4cccc(C#N)c4)cn3)CC2)c1. The molecule has 0 radical (unpaired) electrons. The number of piperazine rings is 1. The molecule has 1 fully saturated rings. The maximum atomic E-state index is 12.5. The Morgan fingerprint density at radius 3 is 2.47 bits per heavy atom. The number of hydrogen-bond acceptors (Lipinski definition) is 5. The number of nitrogens with zero attached hydrogens (tertiary/aromatic N) is 4. The minimum Gasteiger partial charge on any atom is -0.368 e. The van der Waals surface area contributed by atoms with Crippen LogP contribution >= 0.6 is 0 Å². The quantitative estimate of drug-likeness (QED) is 0.724. The zero-order valence-electron chi connectivity index (χ0n) is 16.9. The Hall–Kier alpha value is -3.85. The van der Waals surface area contributed by atoms with E-state index in [1.165, 1.54) is 11.3 Å². The van der Waals surface area contributed by atoms with E-state index in [-0.39, 0.29) is 5.91 Å². The van der Waals surface area contributed by atoms with Crippen LogP contribution in [0.3, 0.4) is 0 Å². The number of benzene rings is 2. The van der Waals surface area contributed by atoms with Crippen molar-refractivity contribution >= 4 is 23.1 Å². The van der Waals surface area contributed by atoms with Gasteiger partial charge in [0, 0.05) is 43.8 Å². The van der Waals surface area contributed by atoms with Crippen molar-refractivity contribution in [2.24, 2.45) is 0 Å². The highest BCUT2D eigenvalue weighted by molar-refractivity contribution is 6.04. The average molecular weight is 397 g/mol. The Bertz CT molecular complexity index is 1080. The van der Waals surface area contributed by atoms with E-state index in [9.17, 15) is 4.79 Å². The van der Waals surface area contributed by atoms with Crippen LogP contribution in [-0.4, -0.2) is 37.1 Å². The Labute approximate surface area is 176 Å². The number of rotatable bonds is 4. The third-order valence-electron chi connectivity index (χ3n) is 5.23. The minimum atomic E-state index is -0.242. The van der Waals surface area contributed by atoms with Crippen molar-refractivity contribution in [1.82, 2.24) is 4.98 Å². The average Bonchev–Trinajstić information content (AvgIpc) is 2.79. The Kier molecular flexibility index (Phi) is 5.62. The van der Waals surface area contributed by atoms with Gasteiger partial charge in [-0.3, -0.25) is 4.79 Å². The maximum Gasteiger partial charge on any atom is 0.257 e. The fourth-order valence-corrected chi connectivity index (χ4v) is 3.60. The smallest absolute Gasteiger partial charge is 0.257 e. The van der Waals surface area contributed by atoms with E-state index in [2.05, 4.69) is 57.4 Å². The van der Waals surface area contributed by atoms with Gasteiger partial charge in [-0.05, 0) is 55.0 Å². The molecule has 1 aliphatic heterocycles. The lowest BCUT2D eigenvalue weighted by Crippen LogP contribution is -2.46. The van der Waals surface area contributed by atoms with Gasteiger partial charge in [-0.2, -0.15) is 5.26 Å². The molecule has 3 aromatic rings. The second-order valence-corrected chi connectivity index (χ2v) is 7.36. The van der Waals surface area contributed by atoms with E-state index in [4.69, 9.17) is 5.26 Å². The van der Waals surface area contributed by atoms with Gasteiger partial charge in [-0.25, -0.2) is 4.98 Å². The van der Waals surface area contributed by atoms with Crippen molar-refractivity contribution in [3.05, 3.63) is 83.6 Å². The predicted molar refractivity (Wildman–Crippen MR) is 119 cm³/mol. The minimum absolute atomic E-state index is 0.242. The molecule has 2 heterocycles. The number of hydrogen-bond donors (Lipinski definition) is 1. The number of amides is 1. The number of carbonyl (C=O) groups excluding carboxylic acids is 1. The fraction of sp³-hybridized carbons (Fsp3) is 0.208. The number of nitriles is 1. The summed E-state index contributed by atoms with van der Waals surface area (Å²) in [5.74, 6) is 0.635. The number of aryl methyl sites for hydroxylation is 1. The van der Waals surface area contributed by atoms with E-state index in [0.29, 0.717) is 16.8 Å². The van der Waals surface area contributed by atoms with Crippen molar-refractivity contribution in [3.63, 3.8) is 0 Å². The highest BCUT2D eigenvalue weighted by atomic mass is 16.1. The Morgan fingerprint density at radius 1 is 1.00 bits per heavy atom. The Balaban J connectivity index is 1.37. The van der Waals surface area contributed by atoms with Crippen LogP contribution in [0.2, 0.25) is 0 Å². The normalized spacial score (nSPS) is 13.6. The number of aromatic nitrogens is 1. The number of anilines is 3. The van der Waals surface area contributed by atoms with Gasteiger partial charge >= 0.3 is 0 Å². The largest absolute Gasteiger partial charge is 0.368 e. The molecular formula is C24H23N5O. The zero-order chi connectivity index (χ0) is 20.9. The molecule has 0 saturated carbocycles. The first kappa shape index (κ1) is 19.5. The Morgan fingerprint density at radius 2 is 1.77 bits per heavy atom. The number of pyridine rings is 1. The standard InChI is InChI=1S/C24H23N5O/c1-18-4-2-7-22(14-18)28-10-12-29(13-11-28)23-9-8-20(17-26-23)24(30)27-21-6-3-5-19(15-21)16-25/h2-9,14-15,17H,10-13H2,1H3,(H,27,30). The van der Waals surface area contributed by atoms with E-state index >= 15 is 0 Å². The van der Waals surface area contributed by atoms with Crippen LogP contribution in [0.1, 0.15) is 21.5 Å². The zero-order valence-corrected chi connectivity index (χ0v) is 16.9. The van der Waals surface area contributed by atoms with Gasteiger partial charge in [0.15, 0.2) is 0 Å². The summed E-state index contributed by atoms with van der Waals surface area (Å²) in [5.41, 5.74) is 4.11. The number of nitrogens with one attached hydrogen (secondary N) is 1. The molecule has 4 rings (SSSR count). The van der Waals surface area contributed by atoms with Crippen molar-refractivity contribution in [3.8, 4) is 6.07 Å². The molecule has 0 atom stereocenters. The molecule has 0 aliphatic carbocycles. The van der Waals surface area contributed by atoms with Gasteiger partial charge < -0.3 is 15.1 Å². The molecule has 6 heteroatoms. The van der Waals surface area contributed by atoms with Crippen molar-refractivity contribution in [1.29, 1.82) is 5.26 Å². The lowest BCUT2D eigenvalue weighted by atomic mass is 10.2. The van der Waals surface area contributed by atoms with Gasteiger partial charge in [0.25, 0.3) is 5.91 Å². The molecule has 1 aliphatic rings. The van der Waals surface area contributed by atoms with Crippen molar-refractivity contribution in [2.45, 2.75) is 6.92 Å². The van der Waals surface area contributed by atoms with Gasteiger partial charge in [-0.15, -0.1) is 0 Å². The van der Waals surface area contributed by atoms with Crippen molar-refractivity contribution in [2.75, 3.05) is 41.3 Å². The summed E-state index contributed by atoms with van der Waals surface area (Å²) in [6.07, 6.45) is 1.60. The van der Waals surface area contributed by atoms with Gasteiger partial charge in [0.1, 0.15) is 5.82 Å². The molecule has 1 aromatic heterocycles. The molecule has 0 spiro atoms. The van der Waals surface area contributed by atoms with Crippen LogP contribution < -0.4 is 15.1 Å². The summed E-state index contributed by atoms with van der Waals surface area (Å²) in [4.78, 5) is 21.6. The van der Waals surface area contributed by atoms with Gasteiger partial charge in [-0.1, -0.05) is 18.2 Å².